The van der Waals surface area contributed by atoms with Crippen LogP contribution in [0.2, 0.25) is 0 Å². The Morgan fingerprint density at radius 3 is 2.94 bits per heavy atom. The monoisotopic (exact) mass is 245 g/mol. The van der Waals surface area contributed by atoms with E-state index in [1.54, 1.807) is 6.07 Å². The van der Waals surface area contributed by atoms with Gasteiger partial charge in [-0.05, 0) is 18.6 Å². The number of hydrogen-bond donors (Lipinski definition) is 3. The number of anilines is 1. The van der Waals surface area contributed by atoms with Crippen molar-refractivity contribution in [3.63, 3.8) is 0 Å². The minimum Gasteiger partial charge on any atom is -0.398 e. The standard InChI is InChI=1S/C12H15N5O/c1-8(12-14-7-15-17-12)16-11(18)6-9-4-2-3-5-10(9)13/h2-5,7-8H,6,13H2,1H3,(H,16,18)(H,14,15,17). The van der Waals surface area contributed by atoms with Gasteiger partial charge in [-0.25, -0.2) is 4.98 Å². The summed E-state index contributed by atoms with van der Waals surface area (Å²) in [7, 11) is 0. The van der Waals surface area contributed by atoms with Gasteiger partial charge in [0.2, 0.25) is 5.91 Å². The van der Waals surface area contributed by atoms with Crippen LogP contribution in [0.5, 0.6) is 0 Å². The van der Waals surface area contributed by atoms with Crippen LogP contribution in [0.25, 0.3) is 0 Å². The van der Waals surface area contributed by atoms with Crippen LogP contribution in [-0.4, -0.2) is 21.1 Å². The Morgan fingerprint density at radius 1 is 1.50 bits per heavy atom. The molecule has 94 valence electrons. The maximum Gasteiger partial charge on any atom is 0.225 e. The first-order valence-electron chi connectivity index (χ1n) is 5.65. The minimum absolute atomic E-state index is 0.100. The van der Waals surface area contributed by atoms with Crippen molar-refractivity contribution in [1.29, 1.82) is 0 Å². The van der Waals surface area contributed by atoms with Crippen LogP contribution >= 0.6 is 0 Å². The molecule has 2 rings (SSSR count). The predicted molar refractivity (Wildman–Crippen MR) is 67.5 cm³/mol. The van der Waals surface area contributed by atoms with Crippen molar-refractivity contribution in [3.8, 4) is 0 Å². The summed E-state index contributed by atoms with van der Waals surface area (Å²) in [6.07, 6.45) is 1.67. The Hall–Kier alpha value is -2.37. The third-order valence-corrected chi connectivity index (χ3v) is 2.63. The van der Waals surface area contributed by atoms with Crippen LogP contribution in [0.1, 0.15) is 24.4 Å². The molecule has 0 bridgehead atoms. The van der Waals surface area contributed by atoms with Gasteiger partial charge < -0.3 is 11.1 Å². The second-order valence-electron chi connectivity index (χ2n) is 4.04. The first kappa shape index (κ1) is 12.1. The number of nitrogen functional groups attached to an aromatic ring is 1. The van der Waals surface area contributed by atoms with Crippen LogP contribution < -0.4 is 11.1 Å². The summed E-state index contributed by atoms with van der Waals surface area (Å²) in [5, 5.41) is 9.29. The highest BCUT2D eigenvalue weighted by Gasteiger charge is 2.12. The van der Waals surface area contributed by atoms with Crippen LogP contribution in [-0.2, 0) is 11.2 Å². The molecule has 1 atom stereocenters. The van der Waals surface area contributed by atoms with E-state index in [0.29, 0.717) is 11.5 Å². The number of H-pyrrole nitrogens is 1. The van der Waals surface area contributed by atoms with Crippen molar-refractivity contribution in [2.45, 2.75) is 19.4 Å². The number of rotatable bonds is 4. The van der Waals surface area contributed by atoms with Gasteiger partial charge in [0.25, 0.3) is 0 Å². The van der Waals surface area contributed by atoms with Gasteiger partial charge >= 0.3 is 0 Å². The molecule has 2 aromatic rings. The Bertz CT molecular complexity index is 523. The van der Waals surface area contributed by atoms with Crippen molar-refractivity contribution in [1.82, 2.24) is 20.5 Å². The van der Waals surface area contributed by atoms with Crippen LogP contribution in [0.15, 0.2) is 30.6 Å². The van der Waals surface area contributed by atoms with Crippen molar-refractivity contribution in [3.05, 3.63) is 42.0 Å². The topological polar surface area (TPSA) is 96.7 Å². The van der Waals surface area contributed by atoms with Gasteiger partial charge in [0.05, 0.1) is 12.5 Å². The van der Waals surface area contributed by atoms with Gasteiger partial charge in [-0.3, -0.25) is 9.89 Å². The Kier molecular flexibility index (Phi) is 3.57. The highest BCUT2D eigenvalue weighted by atomic mass is 16.1. The first-order chi connectivity index (χ1) is 8.66. The number of nitrogens with zero attached hydrogens (tertiary/aromatic N) is 2. The molecule has 0 fully saturated rings. The van der Waals surface area contributed by atoms with E-state index in [9.17, 15) is 4.79 Å². The summed E-state index contributed by atoms with van der Waals surface area (Å²) in [5.41, 5.74) is 7.23. The lowest BCUT2D eigenvalue weighted by Gasteiger charge is -2.11. The zero-order valence-corrected chi connectivity index (χ0v) is 10.1. The second-order valence-corrected chi connectivity index (χ2v) is 4.04. The molecule has 0 radical (unpaired) electrons. The number of aromatic amines is 1. The quantitative estimate of drug-likeness (QED) is 0.694. The summed E-state index contributed by atoms with van der Waals surface area (Å²) >= 11 is 0. The van der Waals surface area contributed by atoms with Crippen molar-refractivity contribution in [2.75, 3.05) is 5.73 Å². The SMILES string of the molecule is CC(NC(=O)Cc1ccccc1N)c1ncn[nH]1. The Morgan fingerprint density at radius 2 is 2.28 bits per heavy atom. The molecule has 0 aliphatic heterocycles. The summed E-state index contributed by atoms with van der Waals surface area (Å²) in [5.74, 6) is 0.529. The van der Waals surface area contributed by atoms with Gasteiger partial charge in [0.15, 0.2) is 0 Å². The number of para-hydroxylation sites is 1. The van der Waals surface area contributed by atoms with Gasteiger partial charge in [-0.1, -0.05) is 18.2 Å². The summed E-state index contributed by atoms with van der Waals surface area (Å²) < 4.78 is 0. The molecule has 1 heterocycles. The highest BCUT2D eigenvalue weighted by Crippen LogP contribution is 2.12. The fourth-order valence-electron chi connectivity index (χ4n) is 1.65. The molecule has 18 heavy (non-hydrogen) atoms. The average Bonchev–Trinajstić information content (AvgIpc) is 2.85. The lowest BCUT2D eigenvalue weighted by atomic mass is 10.1. The highest BCUT2D eigenvalue weighted by molar-refractivity contribution is 5.80. The van der Waals surface area contributed by atoms with Crippen molar-refractivity contribution < 1.29 is 4.79 Å². The predicted octanol–water partition coefficient (Wildman–Crippen LogP) is 0.807. The number of aromatic nitrogens is 3. The maximum absolute atomic E-state index is 11.8. The van der Waals surface area contributed by atoms with Crippen LogP contribution in [0, 0.1) is 0 Å². The zero-order chi connectivity index (χ0) is 13.0. The first-order valence-corrected chi connectivity index (χ1v) is 5.65. The van der Waals surface area contributed by atoms with Gasteiger partial charge in [-0.2, -0.15) is 5.10 Å². The third kappa shape index (κ3) is 2.85. The summed E-state index contributed by atoms with van der Waals surface area (Å²) in [6.45, 7) is 1.84. The molecule has 1 aromatic heterocycles. The number of carbonyl (C=O) groups excluding carboxylic acids is 1. The number of amides is 1. The van der Waals surface area contributed by atoms with Gasteiger partial charge in [0, 0.05) is 5.69 Å². The summed E-state index contributed by atoms with van der Waals surface area (Å²) in [4.78, 5) is 15.8. The van der Waals surface area contributed by atoms with E-state index in [2.05, 4.69) is 20.5 Å². The van der Waals surface area contributed by atoms with E-state index < -0.39 is 0 Å². The van der Waals surface area contributed by atoms with Crippen LogP contribution in [0.4, 0.5) is 5.69 Å². The van der Waals surface area contributed by atoms with E-state index in [-0.39, 0.29) is 18.4 Å². The summed E-state index contributed by atoms with van der Waals surface area (Å²) in [6, 6.07) is 7.12. The molecule has 4 N–H and O–H groups in total. The molecule has 6 heteroatoms. The lowest BCUT2D eigenvalue weighted by Crippen LogP contribution is -2.29. The molecular weight excluding hydrogens is 230 g/mol. The molecule has 0 aliphatic rings. The molecule has 6 nitrogen and oxygen atoms in total. The van der Waals surface area contributed by atoms with E-state index in [1.807, 2.05) is 25.1 Å². The van der Waals surface area contributed by atoms with E-state index in [4.69, 9.17) is 5.73 Å². The molecule has 0 spiro atoms. The molecular formula is C12H15N5O. The average molecular weight is 245 g/mol. The van der Waals surface area contributed by atoms with Crippen LogP contribution in [0.3, 0.4) is 0 Å². The van der Waals surface area contributed by atoms with E-state index >= 15 is 0 Å². The maximum atomic E-state index is 11.8. The second kappa shape index (κ2) is 5.31. The van der Waals surface area contributed by atoms with Crippen molar-refractivity contribution >= 4 is 11.6 Å². The number of nitrogens with one attached hydrogen (secondary N) is 2. The third-order valence-electron chi connectivity index (χ3n) is 2.63. The number of carbonyl (C=O) groups is 1. The largest absolute Gasteiger partial charge is 0.398 e. The minimum atomic E-state index is -0.204. The zero-order valence-electron chi connectivity index (χ0n) is 10.1. The van der Waals surface area contributed by atoms with E-state index in [0.717, 1.165) is 5.56 Å². The Labute approximate surface area is 105 Å². The number of nitrogens with two attached hydrogens (primary N) is 1. The smallest absolute Gasteiger partial charge is 0.225 e. The molecule has 0 saturated carbocycles. The van der Waals surface area contributed by atoms with Gasteiger partial charge in [-0.15, -0.1) is 0 Å². The molecule has 0 saturated heterocycles. The van der Waals surface area contributed by atoms with E-state index in [1.165, 1.54) is 6.33 Å². The Balaban J connectivity index is 1.95. The normalized spacial score (nSPS) is 12.1. The van der Waals surface area contributed by atoms with Gasteiger partial charge in [0.1, 0.15) is 12.2 Å². The lowest BCUT2D eigenvalue weighted by molar-refractivity contribution is -0.121. The molecule has 1 unspecified atom stereocenters. The number of hydrogen-bond acceptors (Lipinski definition) is 4. The molecule has 0 aliphatic carbocycles. The molecule has 1 amide bonds. The fraction of sp³-hybridized carbons (Fsp3) is 0.250. The van der Waals surface area contributed by atoms with Crippen molar-refractivity contribution in [2.24, 2.45) is 0 Å². The number of benzene rings is 1. The fourth-order valence-corrected chi connectivity index (χ4v) is 1.65. The molecule has 1 aromatic carbocycles.